The second-order valence-corrected chi connectivity index (χ2v) is 6.33. The van der Waals surface area contributed by atoms with Crippen molar-refractivity contribution in [2.75, 3.05) is 11.9 Å². The van der Waals surface area contributed by atoms with E-state index < -0.39 is 0 Å². The zero-order chi connectivity index (χ0) is 16.2. The van der Waals surface area contributed by atoms with Gasteiger partial charge < -0.3 is 5.32 Å². The van der Waals surface area contributed by atoms with Gasteiger partial charge >= 0.3 is 0 Å². The van der Waals surface area contributed by atoms with Crippen LogP contribution in [0.1, 0.15) is 17.8 Å². The Bertz CT molecular complexity index is 778. The molecule has 2 heterocycles. The molecular formula is C16H18FN5S. The Labute approximate surface area is 138 Å². The summed E-state index contributed by atoms with van der Waals surface area (Å²) in [6.07, 6.45) is 0.952. The van der Waals surface area contributed by atoms with Gasteiger partial charge in [0.1, 0.15) is 10.8 Å². The SMILES string of the molecule is Cc1cc(C)n(CCCNc2nnc(-c3ccc(F)cc3)s2)n1. The number of nitrogens with one attached hydrogen (secondary N) is 1. The van der Waals surface area contributed by atoms with Gasteiger partial charge in [-0.2, -0.15) is 5.10 Å². The van der Waals surface area contributed by atoms with Crippen molar-refractivity contribution >= 4 is 16.5 Å². The molecule has 1 aromatic carbocycles. The third-order valence-corrected chi connectivity index (χ3v) is 4.37. The van der Waals surface area contributed by atoms with Crippen molar-refractivity contribution in [3.05, 3.63) is 47.5 Å². The second kappa shape index (κ2) is 6.87. The van der Waals surface area contributed by atoms with Gasteiger partial charge in [-0.05, 0) is 50.6 Å². The highest BCUT2D eigenvalue weighted by molar-refractivity contribution is 7.18. The van der Waals surface area contributed by atoms with E-state index in [-0.39, 0.29) is 5.82 Å². The van der Waals surface area contributed by atoms with Crippen molar-refractivity contribution in [3.63, 3.8) is 0 Å². The van der Waals surface area contributed by atoms with Gasteiger partial charge in [0.2, 0.25) is 5.13 Å². The molecule has 0 aliphatic carbocycles. The molecule has 0 bridgehead atoms. The number of anilines is 1. The Morgan fingerprint density at radius 2 is 1.96 bits per heavy atom. The van der Waals surface area contributed by atoms with Gasteiger partial charge in [0.25, 0.3) is 0 Å². The first-order valence-corrected chi connectivity index (χ1v) is 8.28. The number of rotatable bonds is 6. The molecule has 120 valence electrons. The molecular weight excluding hydrogens is 313 g/mol. The van der Waals surface area contributed by atoms with E-state index in [0.717, 1.165) is 40.9 Å². The average Bonchev–Trinajstić information content (AvgIpc) is 3.11. The third kappa shape index (κ3) is 3.92. The molecule has 1 N–H and O–H groups in total. The number of aryl methyl sites for hydroxylation is 3. The predicted octanol–water partition coefficient (Wildman–Crippen LogP) is 3.66. The molecule has 0 saturated heterocycles. The van der Waals surface area contributed by atoms with Crippen LogP contribution >= 0.6 is 11.3 Å². The van der Waals surface area contributed by atoms with Gasteiger partial charge in [-0.1, -0.05) is 11.3 Å². The van der Waals surface area contributed by atoms with E-state index in [0.29, 0.717) is 0 Å². The number of benzene rings is 1. The topological polar surface area (TPSA) is 55.6 Å². The molecule has 0 atom stereocenters. The van der Waals surface area contributed by atoms with Crippen molar-refractivity contribution in [2.45, 2.75) is 26.8 Å². The highest BCUT2D eigenvalue weighted by Crippen LogP contribution is 2.26. The van der Waals surface area contributed by atoms with Crippen molar-refractivity contribution in [2.24, 2.45) is 0 Å². The van der Waals surface area contributed by atoms with Crippen LogP contribution in [0.5, 0.6) is 0 Å². The first-order valence-electron chi connectivity index (χ1n) is 7.46. The maximum absolute atomic E-state index is 12.9. The Morgan fingerprint density at radius 3 is 2.65 bits per heavy atom. The quantitative estimate of drug-likeness (QED) is 0.700. The normalized spacial score (nSPS) is 10.9. The summed E-state index contributed by atoms with van der Waals surface area (Å²) in [6.45, 7) is 5.74. The fraction of sp³-hybridized carbons (Fsp3) is 0.312. The largest absolute Gasteiger partial charge is 0.360 e. The van der Waals surface area contributed by atoms with Gasteiger partial charge in [0, 0.05) is 24.3 Å². The Balaban J connectivity index is 1.51. The molecule has 0 fully saturated rings. The number of halogens is 1. The number of aromatic nitrogens is 4. The highest BCUT2D eigenvalue weighted by Gasteiger charge is 2.06. The summed E-state index contributed by atoms with van der Waals surface area (Å²) in [5.74, 6) is -0.249. The Hall–Kier alpha value is -2.28. The van der Waals surface area contributed by atoms with Crippen LogP contribution in [-0.2, 0) is 6.54 Å². The summed E-state index contributed by atoms with van der Waals surface area (Å²) in [4.78, 5) is 0. The lowest BCUT2D eigenvalue weighted by molar-refractivity contribution is 0.573. The first-order chi connectivity index (χ1) is 11.1. The summed E-state index contributed by atoms with van der Waals surface area (Å²) in [7, 11) is 0. The van der Waals surface area contributed by atoms with E-state index in [1.807, 2.05) is 11.6 Å². The maximum Gasteiger partial charge on any atom is 0.206 e. The van der Waals surface area contributed by atoms with Crippen LogP contribution in [0.15, 0.2) is 30.3 Å². The van der Waals surface area contributed by atoms with E-state index in [1.54, 1.807) is 12.1 Å². The molecule has 0 saturated carbocycles. The monoisotopic (exact) mass is 331 g/mol. The molecule has 3 aromatic rings. The van der Waals surface area contributed by atoms with Crippen LogP contribution in [0, 0.1) is 19.7 Å². The van der Waals surface area contributed by atoms with Crippen molar-refractivity contribution in [3.8, 4) is 10.6 Å². The highest BCUT2D eigenvalue weighted by atomic mass is 32.1. The number of hydrogen-bond donors (Lipinski definition) is 1. The summed E-state index contributed by atoms with van der Waals surface area (Å²) < 4.78 is 14.9. The second-order valence-electron chi connectivity index (χ2n) is 5.35. The van der Waals surface area contributed by atoms with E-state index in [2.05, 4.69) is 33.6 Å². The third-order valence-electron chi connectivity index (χ3n) is 3.44. The minimum Gasteiger partial charge on any atom is -0.360 e. The molecule has 3 rings (SSSR count). The molecule has 0 radical (unpaired) electrons. The molecule has 7 heteroatoms. The standard InChI is InChI=1S/C16H18FN5S/c1-11-10-12(2)22(21-11)9-3-8-18-16-20-19-15(23-16)13-4-6-14(17)7-5-13/h4-7,10H,3,8-9H2,1-2H3,(H,18,20). The Morgan fingerprint density at radius 1 is 1.17 bits per heavy atom. The molecule has 2 aromatic heterocycles. The minimum absolute atomic E-state index is 0.249. The van der Waals surface area contributed by atoms with Crippen LogP contribution in [0.2, 0.25) is 0 Å². The molecule has 0 aliphatic heterocycles. The van der Waals surface area contributed by atoms with Gasteiger partial charge in [0.05, 0.1) is 5.69 Å². The summed E-state index contributed by atoms with van der Waals surface area (Å²) in [5.41, 5.74) is 3.10. The molecule has 0 amide bonds. The van der Waals surface area contributed by atoms with Crippen LogP contribution in [0.3, 0.4) is 0 Å². The van der Waals surface area contributed by atoms with Crippen LogP contribution in [-0.4, -0.2) is 26.5 Å². The van der Waals surface area contributed by atoms with Crippen LogP contribution < -0.4 is 5.32 Å². The van der Waals surface area contributed by atoms with Gasteiger partial charge in [-0.3, -0.25) is 4.68 Å². The minimum atomic E-state index is -0.249. The van der Waals surface area contributed by atoms with Crippen molar-refractivity contribution < 1.29 is 4.39 Å². The lowest BCUT2D eigenvalue weighted by atomic mass is 10.2. The van der Waals surface area contributed by atoms with Crippen molar-refractivity contribution in [1.29, 1.82) is 0 Å². The summed E-state index contributed by atoms with van der Waals surface area (Å²) in [5, 5.41) is 17.5. The van der Waals surface area contributed by atoms with E-state index in [9.17, 15) is 4.39 Å². The predicted molar refractivity (Wildman–Crippen MR) is 90.1 cm³/mol. The van der Waals surface area contributed by atoms with Crippen molar-refractivity contribution in [1.82, 2.24) is 20.0 Å². The average molecular weight is 331 g/mol. The van der Waals surface area contributed by atoms with Gasteiger partial charge in [-0.25, -0.2) is 4.39 Å². The molecule has 0 aliphatic rings. The lowest BCUT2D eigenvalue weighted by Crippen LogP contribution is -2.08. The fourth-order valence-corrected chi connectivity index (χ4v) is 3.10. The Kier molecular flexibility index (Phi) is 4.66. The molecule has 23 heavy (non-hydrogen) atoms. The molecule has 5 nitrogen and oxygen atoms in total. The van der Waals surface area contributed by atoms with Crippen LogP contribution in [0.4, 0.5) is 9.52 Å². The van der Waals surface area contributed by atoms with E-state index >= 15 is 0 Å². The number of nitrogens with zero attached hydrogens (tertiary/aromatic N) is 4. The zero-order valence-electron chi connectivity index (χ0n) is 13.1. The summed E-state index contributed by atoms with van der Waals surface area (Å²) >= 11 is 1.47. The maximum atomic E-state index is 12.9. The van der Waals surface area contributed by atoms with Gasteiger partial charge in [-0.15, -0.1) is 10.2 Å². The van der Waals surface area contributed by atoms with Crippen LogP contribution in [0.25, 0.3) is 10.6 Å². The van der Waals surface area contributed by atoms with Gasteiger partial charge in [0.15, 0.2) is 0 Å². The smallest absolute Gasteiger partial charge is 0.206 e. The van der Waals surface area contributed by atoms with E-state index in [1.165, 1.54) is 29.2 Å². The fourth-order valence-electron chi connectivity index (χ4n) is 2.33. The number of hydrogen-bond acceptors (Lipinski definition) is 5. The molecule has 0 spiro atoms. The first kappa shape index (κ1) is 15.6. The zero-order valence-corrected chi connectivity index (χ0v) is 13.9. The van der Waals surface area contributed by atoms with E-state index in [4.69, 9.17) is 0 Å². The summed E-state index contributed by atoms with van der Waals surface area (Å²) in [6, 6.07) is 8.36. The molecule has 0 unspecified atom stereocenters. The lowest BCUT2D eigenvalue weighted by Gasteiger charge is -2.04.